The second-order valence-corrected chi connectivity index (χ2v) is 8.56. The van der Waals surface area contributed by atoms with Crippen LogP contribution in [0.3, 0.4) is 0 Å². The van der Waals surface area contributed by atoms with Gasteiger partial charge < -0.3 is 15.4 Å². The Morgan fingerprint density at radius 1 is 1.23 bits per heavy atom. The molecule has 1 aromatic heterocycles. The Labute approximate surface area is 161 Å². The molecule has 2 N–H and O–H groups in total. The number of aryl methyl sites for hydroxylation is 1. The van der Waals surface area contributed by atoms with Crippen molar-refractivity contribution < 1.29 is 9.53 Å². The van der Waals surface area contributed by atoms with Gasteiger partial charge in [-0.05, 0) is 47.5 Å². The lowest BCUT2D eigenvalue weighted by molar-refractivity contribution is -0.154. The first kappa shape index (κ1) is 22.4. The van der Waals surface area contributed by atoms with Crippen molar-refractivity contribution in [2.45, 2.75) is 78.9 Å². The third-order valence-electron chi connectivity index (χ3n) is 3.41. The molecule has 1 aromatic rings. The van der Waals surface area contributed by atoms with Crippen molar-refractivity contribution in [3.8, 4) is 0 Å². The molecule has 0 radical (unpaired) electrons. The van der Waals surface area contributed by atoms with Gasteiger partial charge in [0.2, 0.25) is 0 Å². The molecule has 0 unspecified atom stereocenters. The Balaban J connectivity index is 2.16. The quantitative estimate of drug-likeness (QED) is 0.279. The Hall–Kier alpha value is -1.63. The number of carbonyl (C=O) groups is 1. The molecule has 26 heavy (non-hydrogen) atoms. The van der Waals surface area contributed by atoms with Crippen molar-refractivity contribution >= 4 is 23.3 Å². The highest BCUT2D eigenvalue weighted by molar-refractivity contribution is 7.11. The SMILES string of the molecule is CCNC(=NCc1ncc(C)s1)NCCCCCCC(=O)OC(C)(C)C. The molecule has 6 nitrogen and oxygen atoms in total. The molecule has 1 heterocycles. The Morgan fingerprint density at radius 2 is 1.96 bits per heavy atom. The molecule has 0 aliphatic heterocycles. The Morgan fingerprint density at radius 3 is 2.58 bits per heavy atom. The lowest BCUT2D eigenvalue weighted by Crippen LogP contribution is -2.37. The van der Waals surface area contributed by atoms with Crippen molar-refractivity contribution in [2.75, 3.05) is 13.1 Å². The predicted molar refractivity (Wildman–Crippen MR) is 109 cm³/mol. The fraction of sp³-hybridized carbons (Fsp3) is 0.737. The summed E-state index contributed by atoms with van der Waals surface area (Å²) in [5.74, 6) is 0.726. The smallest absolute Gasteiger partial charge is 0.306 e. The third-order valence-corrected chi connectivity index (χ3v) is 4.30. The van der Waals surface area contributed by atoms with Crippen LogP contribution < -0.4 is 10.6 Å². The van der Waals surface area contributed by atoms with Crippen LogP contribution in [0.4, 0.5) is 0 Å². The van der Waals surface area contributed by atoms with Crippen LogP contribution in [0, 0.1) is 6.92 Å². The van der Waals surface area contributed by atoms with E-state index in [0.717, 1.165) is 49.7 Å². The number of ether oxygens (including phenoxy) is 1. The van der Waals surface area contributed by atoms with E-state index >= 15 is 0 Å². The maximum absolute atomic E-state index is 11.6. The number of unbranched alkanes of at least 4 members (excludes halogenated alkanes) is 3. The molecular formula is C19H34N4O2S. The number of carbonyl (C=O) groups excluding carboxylic acids is 1. The normalized spacial score (nSPS) is 12.1. The first-order valence-corrected chi connectivity index (χ1v) is 10.3. The van der Waals surface area contributed by atoms with E-state index in [0.29, 0.717) is 13.0 Å². The number of hydrogen-bond donors (Lipinski definition) is 2. The number of aromatic nitrogens is 1. The summed E-state index contributed by atoms with van der Waals surface area (Å²) in [6.45, 7) is 12.1. The van der Waals surface area contributed by atoms with Crippen molar-refractivity contribution in [1.82, 2.24) is 15.6 Å². The summed E-state index contributed by atoms with van der Waals surface area (Å²) < 4.78 is 5.31. The number of hydrogen-bond acceptors (Lipinski definition) is 5. The Bertz CT molecular complexity index is 564. The van der Waals surface area contributed by atoms with E-state index in [9.17, 15) is 4.79 Å². The molecule has 0 saturated carbocycles. The van der Waals surface area contributed by atoms with E-state index < -0.39 is 0 Å². The van der Waals surface area contributed by atoms with Crippen LogP contribution in [-0.4, -0.2) is 35.6 Å². The molecule has 0 fully saturated rings. The monoisotopic (exact) mass is 382 g/mol. The summed E-state index contributed by atoms with van der Waals surface area (Å²) >= 11 is 1.68. The summed E-state index contributed by atoms with van der Waals surface area (Å²) in [5, 5.41) is 7.63. The predicted octanol–water partition coefficient (Wildman–Crippen LogP) is 3.80. The minimum atomic E-state index is -0.389. The molecule has 0 saturated heterocycles. The molecule has 1 rings (SSSR count). The van der Waals surface area contributed by atoms with Gasteiger partial charge in [-0.3, -0.25) is 4.79 Å². The van der Waals surface area contributed by atoms with Crippen molar-refractivity contribution in [3.05, 3.63) is 16.1 Å². The zero-order chi connectivity index (χ0) is 19.4. The van der Waals surface area contributed by atoms with Crippen molar-refractivity contribution in [3.63, 3.8) is 0 Å². The molecule has 7 heteroatoms. The van der Waals surface area contributed by atoms with Gasteiger partial charge in [0.1, 0.15) is 10.6 Å². The molecule has 0 spiro atoms. The fourth-order valence-electron chi connectivity index (χ4n) is 2.31. The Kier molecular flexibility index (Phi) is 10.2. The van der Waals surface area contributed by atoms with Crippen LogP contribution in [0.2, 0.25) is 0 Å². The highest BCUT2D eigenvalue weighted by Crippen LogP contribution is 2.12. The average molecular weight is 383 g/mol. The summed E-state index contributed by atoms with van der Waals surface area (Å²) in [4.78, 5) is 21.7. The number of aliphatic imine (C=N–C) groups is 1. The first-order valence-electron chi connectivity index (χ1n) is 9.45. The minimum Gasteiger partial charge on any atom is -0.460 e. The van der Waals surface area contributed by atoms with Gasteiger partial charge in [0.25, 0.3) is 0 Å². The number of nitrogens with one attached hydrogen (secondary N) is 2. The van der Waals surface area contributed by atoms with E-state index in [2.05, 4.69) is 34.5 Å². The second kappa shape index (κ2) is 11.9. The maximum atomic E-state index is 11.6. The zero-order valence-electron chi connectivity index (χ0n) is 16.9. The van der Waals surface area contributed by atoms with E-state index in [1.54, 1.807) is 11.3 Å². The minimum absolute atomic E-state index is 0.102. The molecular weight excluding hydrogens is 348 g/mol. The maximum Gasteiger partial charge on any atom is 0.306 e. The van der Waals surface area contributed by atoms with Crippen LogP contribution in [0.15, 0.2) is 11.2 Å². The topological polar surface area (TPSA) is 75.6 Å². The summed E-state index contributed by atoms with van der Waals surface area (Å²) in [5.41, 5.74) is -0.389. The van der Waals surface area contributed by atoms with E-state index in [-0.39, 0.29) is 11.6 Å². The second-order valence-electron chi connectivity index (χ2n) is 7.24. The van der Waals surface area contributed by atoms with E-state index in [4.69, 9.17) is 4.74 Å². The zero-order valence-corrected chi connectivity index (χ0v) is 17.7. The van der Waals surface area contributed by atoms with Crippen LogP contribution >= 0.6 is 11.3 Å². The fourth-order valence-corrected chi connectivity index (χ4v) is 3.02. The molecule has 0 atom stereocenters. The molecule has 0 aliphatic rings. The number of esters is 1. The highest BCUT2D eigenvalue weighted by atomic mass is 32.1. The number of thiazole rings is 1. The van der Waals surface area contributed by atoms with E-state index in [1.165, 1.54) is 4.88 Å². The average Bonchev–Trinajstić information content (AvgIpc) is 2.95. The first-order chi connectivity index (χ1) is 12.3. The number of nitrogens with zero attached hydrogens (tertiary/aromatic N) is 2. The van der Waals surface area contributed by atoms with Crippen molar-refractivity contribution in [2.24, 2.45) is 4.99 Å². The van der Waals surface area contributed by atoms with Gasteiger partial charge in [0.05, 0.1) is 6.54 Å². The molecule has 0 bridgehead atoms. The van der Waals surface area contributed by atoms with E-state index in [1.807, 2.05) is 27.0 Å². The van der Waals surface area contributed by atoms with Crippen LogP contribution in [-0.2, 0) is 16.1 Å². The molecule has 148 valence electrons. The van der Waals surface area contributed by atoms with Gasteiger partial charge in [-0.25, -0.2) is 9.98 Å². The summed E-state index contributed by atoms with van der Waals surface area (Å²) in [7, 11) is 0. The highest BCUT2D eigenvalue weighted by Gasteiger charge is 2.15. The molecule has 0 aliphatic carbocycles. The van der Waals surface area contributed by atoms with Gasteiger partial charge in [-0.2, -0.15) is 0 Å². The molecule has 0 aromatic carbocycles. The summed E-state index contributed by atoms with van der Waals surface area (Å²) in [6.07, 6.45) is 6.44. The summed E-state index contributed by atoms with van der Waals surface area (Å²) in [6, 6.07) is 0. The number of rotatable bonds is 10. The molecule has 0 amide bonds. The third kappa shape index (κ3) is 11.1. The van der Waals surface area contributed by atoms with Gasteiger partial charge >= 0.3 is 5.97 Å². The standard InChI is InChI=1S/C19H34N4O2S/c1-6-20-18(23-14-16-22-13-15(2)26-16)21-12-10-8-7-9-11-17(24)25-19(3,4)5/h13H,6-12,14H2,1-5H3,(H2,20,21,23). The van der Waals surface area contributed by atoms with Gasteiger partial charge in [0, 0.05) is 30.6 Å². The van der Waals surface area contributed by atoms with Crippen molar-refractivity contribution in [1.29, 1.82) is 0 Å². The van der Waals surface area contributed by atoms with Crippen LogP contribution in [0.1, 0.15) is 69.7 Å². The lowest BCUT2D eigenvalue weighted by atomic mass is 10.1. The van der Waals surface area contributed by atoms with Crippen LogP contribution in [0.25, 0.3) is 0 Å². The lowest BCUT2D eigenvalue weighted by Gasteiger charge is -2.19. The van der Waals surface area contributed by atoms with Crippen LogP contribution in [0.5, 0.6) is 0 Å². The van der Waals surface area contributed by atoms with Gasteiger partial charge in [-0.1, -0.05) is 12.8 Å². The largest absolute Gasteiger partial charge is 0.460 e. The van der Waals surface area contributed by atoms with Gasteiger partial charge in [-0.15, -0.1) is 11.3 Å². The van der Waals surface area contributed by atoms with Gasteiger partial charge in [0.15, 0.2) is 5.96 Å². The number of guanidine groups is 1.